The number of hydrogen-bond donors (Lipinski definition) is 0. The molecule has 2 aliphatic heterocycles. The van der Waals surface area contributed by atoms with Gasteiger partial charge in [0.15, 0.2) is 0 Å². The predicted octanol–water partition coefficient (Wildman–Crippen LogP) is 3.97. The number of hydrogen-bond acceptors (Lipinski definition) is 4. The Morgan fingerprint density at radius 3 is 2.38 bits per heavy atom. The van der Waals surface area contributed by atoms with Gasteiger partial charge in [-0.3, -0.25) is 4.90 Å². The van der Waals surface area contributed by atoms with Crippen molar-refractivity contribution in [2.45, 2.75) is 39.2 Å². The molecule has 154 valence electrons. The highest BCUT2D eigenvalue weighted by atomic mass is 15.3. The number of aromatic nitrogens is 1. The van der Waals surface area contributed by atoms with Crippen molar-refractivity contribution in [3.05, 3.63) is 47.7 Å². The lowest BCUT2D eigenvalue weighted by molar-refractivity contribution is 0.0204. The van der Waals surface area contributed by atoms with Crippen LogP contribution in [0.2, 0.25) is 0 Å². The molecular formula is C25H34N4. The fourth-order valence-corrected chi connectivity index (χ4v) is 6.26. The fraction of sp³-hybridized carbons (Fsp3) is 0.560. The Kier molecular flexibility index (Phi) is 4.87. The van der Waals surface area contributed by atoms with E-state index < -0.39 is 0 Å². The number of benzene rings is 1. The Balaban J connectivity index is 1.30. The average molecular weight is 391 g/mol. The van der Waals surface area contributed by atoms with E-state index in [4.69, 9.17) is 4.98 Å². The molecule has 1 unspecified atom stereocenters. The van der Waals surface area contributed by atoms with Gasteiger partial charge in [-0.1, -0.05) is 18.2 Å². The van der Waals surface area contributed by atoms with E-state index in [0.29, 0.717) is 5.41 Å². The second-order valence-corrected chi connectivity index (χ2v) is 9.73. The molecular weight excluding hydrogens is 356 g/mol. The maximum Gasteiger partial charge on any atom is 0.136 e. The van der Waals surface area contributed by atoms with Crippen molar-refractivity contribution >= 4 is 5.82 Å². The fourth-order valence-electron chi connectivity index (χ4n) is 6.26. The zero-order valence-corrected chi connectivity index (χ0v) is 18.2. The second-order valence-electron chi connectivity index (χ2n) is 9.73. The van der Waals surface area contributed by atoms with Gasteiger partial charge in [-0.05, 0) is 74.4 Å². The summed E-state index contributed by atoms with van der Waals surface area (Å²) in [5, 5.41) is 0. The van der Waals surface area contributed by atoms with Crippen molar-refractivity contribution in [2.24, 2.45) is 5.41 Å². The lowest BCUT2D eigenvalue weighted by Gasteiger charge is -2.47. The maximum absolute atomic E-state index is 4.84. The van der Waals surface area contributed by atoms with Gasteiger partial charge in [0.1, 0.15) is 5.82 Å². The van der Waals surface area contributed by atoms with Crippen molar-refractivity contribution in [1.82, 2.24) is 14.8 Å². The molecule has 0 N–H and O–H groups in total. The van der Waals surface area contributed by atoms with Crippen LogP contribution in [0.1, 0.15) is 30.4 Å². The van der Waals surface area contributed by atoms with Crippen LogP contribution in [0.5, 0.6) is 0 Å². The van der Waals surface area contributed by atoms with Crippen LogP contribution >= 0.6 is 0 Å². The van der Waals surface area contributed by atoms with Crippen LogP contribution in [0.4, 0.5) is 5.82 Å². The molecule has 3 aliphatic rings. The van der Waals surface area contributed by atoms with E-state index in [0.717, 1.165) is 24.9 Å². The summed E-state index contributed by atoms with van der Waals surface area (Å²) >= 11 is 0. The normalized spacial score (nSPS) is 24.8. The molecule has 0 amide bonds. The van der Waals surface area contributed by atoms with Gasteiger partial charge in [-0.15, -0.1) is 0 Å². The van der Waals surface area contributed by atoms with E-state index in [-0.39, 0.29) is 0 Å². The van der Waals surface area contributed by atoms with Crippen LogP contribution in [0.15, 0.2) is 36.5 Å². The highest BCUT2D eigenvalue weighted by molar-refractivity contribution is 5.80. The monoisotopic (exact) mass is 390 g/mol. The number of nitrogens with zero attached hydrogens (tertiary/aromatic N) is 4. The van der Waals surface area contributed by atoms with E-state index >= 15 is 0 Å². The van der Waals surface area contributed by atoms with Gasteiger partial charge < -0.3 is 9.80 Å². The standard InChI is InChI=1S/C25H34N4/c1-19-6-4-7-20(2)23(19)22-8-5-11-26-24(22)29-14-12-28(13-15-29)21-9-10-25(16-21)17-27(3)18-25/h4-8,11,21H,9-10,12-18H2,1-3H3. The summed E-state index contributed by atoms with van der Waals surface area (Å²) < 4.78 is 0. The minimum absolute atomic E-state index is 0.646. The maximum atomic E-state index is 4.84. The molecule has 4 heteroatoms. The zero-order valence-electron chi connectivity index (χ0n) is 18.2. The molecule has 2 saturated heterocycles. The van der Waals surface area contributed by atoms with E-state index in [1.54, 1.807) is 0 Å². The average Bonchev–Trinajstić information content (AvgIpc) is 3.14. The zero-order chi connectivity index (χ0) is 20.0. The summed E-state index contributed by atoms with van der Waals surface area (Å²) in [5.41, 5.74) is 5.95. The third-order valence-corrected chi connectivity index (χ3v) is 7.55. The van der Waals surface area contributed by atoms with Crippen LogP contribution in [-0.2, 0) is 0 Å². The van der Waals surface area contributed by atoms with Crippen molar-refractivity contribution < 1.29 is 0 Å². The molecule has 29 heavy (non-hydrogen) atoms. The lowest BCUT2D eigenvalue weighted by atomic mass is 9.78. The first-order chi connectivity index (χ1) is 14.0. The number of aryl methyl sites for hydroxylation is 2. The van der Waals surface area contributed by atoms with Gasteiger partial charge in [0.25, 0.3) is 0 Å². The number of pyridine rings is 1. The Bertz CT molecular complexity index is 858. The predicted molar refractivity (Wildman–Crippen MR) is 121 cm³/mol. The topological polar surface area (TPSA) is 22.6 Å². The van der Waals surface area contributed by atoms with Crippen LogP contribution in [0.3, 0.4) is 0 Å². The summed E-state index contributed by atoms with van der Waals surface area (Å²) in [4.78, 5) is 12.6. The highest BCUT2D eigenvalue weighted by Gasteiger charge is 2.48. The molecule has 2 aromatic rings. The summed E-state index contributed by atoms with van der Waals surface area (Å²) in [6.45, 7) is 11.6. The van der Waals surface area contributed by atoms with E-state index in [1.807, 2.05) is 6.20 Å². The number of anilines is 1. The quantitative estimate of drug-likeness (QED) is 0.791. The molecule has 1 aromatic heterocycles. The largest absolute Gasteiger partial charge is 0.354 e. The molecule has 0 radical (unpaired) electrons. The second kappa shape index (κ2) is 7.41. The number of piperazine rings is 1. The molecule has 0 bridgehead atoms. The minimum Gasteiger partial charge on any atom is -0.354 e. The van der Waals surface area contributed by atoms with E-state index in [1.165, 1.54) is 67.7 Å². The third-order valence-electron chi connectivity index (χ3n) is 7.55. The van der Waals surface area contributed by atoms with Gasteiger partial charge in [0.2, 0.25) is 0 Å². The van der Waals surface area contributed by atoms with Gasteiger partial charge >= 0.3 is 0 Å². The first-order valence-electron chi connectivity index (χ1n) is 11.2. The molecule has 3 fully saturated rings. The first-order valence-corrected chi connectivity index (χ1v) is 11.2. The van der Waals surface area contributed by atoms with Crippen LogP contribution in [-0.4, -0.2) is 67.1 Å². The van der Waals surface area contributed by atoms with Gasteiger partial charge in [-0.25, -0.2) is 4.98 Å². The Morgan fingerprint density at radius 1 is 0.966 bits per heavy atom. The Hall–Kier alpha value is -1.91. The molecule has 5 rings (SSSR count). The minimum atomic E-state index is 0.646. The van der Waals surface area contributed by atoms with Crippen molar-refractivity contribution in [3.63, 3.8) is 0 Å². The van der Waals surface area contributed by atoms with E-state index in [9.17, 15) is 0 Å². The van der Waals surface area contributed by atoms with Crippen molar-refractivity contribution in [2.75, 3.05) is 51.2 Å². The van der Waals surface area contributed by atoms with Gasteiger partial charge in [-0.2, -0.15) is 0 Å². The molecule has 3 heterocycles. The first kappa shape index (κ1) is 19.1. The molecule has 1 spiro atoms. The molecule has 1 aliphatic carbocycles. The molecule has 1 saturated carbocycles. The highest BCUT2D eigenvalue weighted by Crippen LogP contribution is 2.46. The van der Waals surface area contributed by atoms with Gasteiger partial charge in [0, 0.05) is 57.1 Å². The third kappa shape index (κ3) is 3.47. The van der Waals surface area contributed by atoms with E-state index in [2.05, 4.69) is 65.9 Å². The van der Waals surface area contributed by atoms with Crippen LogP contribution < -0.4 is 4.90 Å². The van der Waals surface area contributed by atoms with Crippen LogP contribution in [0, 0.1) is 19.3 Å². The number of rotatable bonds is 3. The lowest BCUT2D eigenvalue weighted by Crippen LogP contribution is -2.54. The van der Waals surface area contributed by atoms with Crippen molar-refractivity contribution in [1.29, 1.82) is 0 Å². The Labute approximate surface area is 175 Å². The Morgan fingerprint density at radius 2 is 1.69 bits per heavy atom. The summed E-state index contributed by atoms with van der Waals surface area (Å²) in [5.74, 6) is 1.16. The van der Waals surface area contributed by atoms with Gasteiger partial charge in [0.05, 0.1) is 0 Å². The summed E-state index contributed by atoms with van der Waals surface area (Å²) in [6.07, 6.45) is 6.19. The van der Waals surface area contributed by atoms with Crippen LogP contribution in [0.25, 0.3) is 11.1 Å². The number of likely N-dealkylation sites (tertiary alicyclic amines) is 1. The smallest absolute Gasteiger partial charge is 0.136 e. The molecule has 4 nitrogen and oxygen atoms in total. The molecule has 1 aromatic carbocycles. The van der Waals surface area contributed by atoms with Crippen molar-refractivity contribution in [3.8, 4) is 11.1 Å². The summed E-state index contributed by atoms with van der Waals surface area (Å²) in [7, 11) is 2.26. The SMILES string of the molecule is Cc1cccc(C)c1-c1cccnc1N1CCN(C2CCC3(C2)CN(C)C3)CC1. The molecule has 1 atom stereocenters. The summed E-state index contributed by atoms with van der Waals surface area (Å²) in [6, 6.07) is 11.7.